The van der Waals surface area contributed by atoms with Crippen LogP contribution in [0.1, 0.15) is 41.8 Å². The zero-order valence-electron chi connectivity index (χ0n) is 15.3. The van der Waals surface area contributed by atoms with E-state index >= 15 is 0 Å². The molecule has 4 aromatic rings. The van der Waals surface area contributed by atoms with Crippen molar-refractivity contribution in [1.29, 1.82) is 5.26 Å². The number of aryl methyl sites for hydroxylation is 1. The summed E-state index contributed by atoms with van der Waals surface area (Å²) in [5, 5.41) is 27.0. The summed E-state index contributed by atoms with van der Waals surface area (Å²) in [5.41, 5.74) is 3.84. The lowest BCUT2D eigenvalue weighted by molar-refractivity contribution is 0.271. The number of hydrogen-bond acceptors (Lipinski definition) is 7. The molecule has 4 rings (SSSR count). The van der Waals surface area contributed by atoms with E-state index in [4.69, 9.17) is 5.26 Å². The van der Waals surface area contributed by atoms with Crippen LogP contribution in [0.2, 0.25) is 0 Å². The number of aliphatic hydroxyl groups excluding tert-OH is 1. The topological polar surface area (TPSA) is 118 Å². The summed E-state index contributed by atoms with van der Waals surface area (Å²) in [6.07, 6.45) is 5.58. The fourth-order valence-corrected chi connectivity index (χ4v) is 3.16. The van der Waals surface area contributed by atoms with Gasteiger partial charge in [-0.1, -0.05) is 19.4 Å². The van der Waals surface area contributed by atoms with Gasteiger partial charge in [-0.3, -0.25) is 0 Å². The molecule has 0 aliphatic heterocycles. The standard InChI is InChI=1S/C19H18N8O/c1-2-4-15-16(21-12-26-19(15)24-17(11-28)25-26)9-14-7-8-22-27(14)18-6-3-5-13(10-20)23-18/h3,5-8,12,28H,2,4,9,11H2,1H3. The number of nitrogens with zero attached hydrogens (tertiary/aromatic N) is 8. The molecule has 140 valence electrons. The Kier molecular flexibility index (Phi) is 4.78. The highest BCUT2D eigenvalue weighted by Gasteiger charge is 2.16. The van der Waals surface area contributed by atoms with E-state index in [9.17, 15) is 5.11 Å². The van der Waals surface area contributed by atoms with Crippen LogP contribution in [0.15, 0.2) is 36.8 Å². The van der Waals surface area contributed by atoms with Crippen LogP contribution >= 0.6 is 0 Å². The summed E-state index contributed by atoms with van der Waals surface area (Å²) in [7, 11) is 0. The summed E-state index contributed by atoms with van der Waals surface area (Å²) in [4.78, 5) is 13.3. The highest BCUT2D eigenvalue weighted by atomic mass is 16.3. The number of fused-ring (bicyclic) bond motifs is 1. The van der Waals surface area contributed by atoms with E-state index < -0.39 is 0 Å². The van der Waals surface area contributed by atoms with Crippen LogP contribution in [-0.2, 0) is 19.4 Å². The van der Waals surface area contributed by atoms with Gasteiger partial charge in [-0.05, 0) is 24.6 Å². The van der Waals surface area contributed by atoms with Crippen molar-refractivity contribution in [3.05, 3.63) is 65.3 Å². The first kappa shape index (κ1) is 17.8. The van der Waals surface area contributed by atoms with Gasteiger partial charge in [-0.25, -0.2) is 24.1 Å². The van der Waals surface area contributed by atoms with E-state index in [0.717, 1.165) is 29.8 Å². The number of pyridine rings is 1. The van der Waals surface area contributed by atoms with Crippen LogP contribution in [0.4, 0.5) is 0 Å². The Balaban J connectivity index is 1.76. The minimum atomic E-state index is -0.212. The third kappa shape index (κ3) is 3.21. The second kappa shape index (κ2) is 7.54. The van der Waals surface area contributed by atoms with Crippen molar-refractivity contribution in [2.75, 3.05) is 0 Å². The van der Waals surface area contributed by atoms with Crippen LogP contribution < -0.4 is 0 Å². The number of rotatable bonds is 6. The predicted molar refractivity (Wildman–Crippen MR) is 99.6 cm³/mol. The molecule has 1 N–H and O–H groups in total. The van der Waals surface area contributed by atoms with E-state index in [1.165, 1.54) is 0 Å². The van der Waals surface area contributed by atoms with Crippen LogP contribution in [-0.4, -0.2) is 39.5 Å². The second-order valence-corrected chi connectivity index (χ2v) is 6.28. The summed E-state index contributed by atoms with van der Waals surface area (Å²) in [5.74, 6) is 0.959. The monoisotopic (exact) mass is 374 g/mol. The third-order valence-electron chi connectivity index (χ3n) is 4.39. The van der Waals surface area contributed by atoms with E-state index in [2.05, 4.69) is 32.1 Å². The van der Waals surface area contributed by atoms with Gasteiger partial charge in [0, 0.05) is 18.2 Å². The minimum absolute atomic E-state index is 0.212. The summed E-state index contributed by atoms with van der Waals surface area (Å²) in [6, 6.07) is 9.21. The van der Waals surface area contributed by atoms with Gasteiger partial charge in [-0.15, -0.1) is 5.10 Å². The average molecular weight is 374 g/mol. The fraction of sp³-hybridized carbons (Fsp3) is 0.263. The van der Waals surface area contributed by atoms with Gasteiger partial charge in [0.1, 0.15) is 24.7 Å². The first-order chi connectivity index (χ1) is 13.7. The number of nitriles is 1. The smallest absolute Gasteiger partial charge is 0.177 e. The van der Waals surface area contributed by atoms with Crippen molar-refractivity contribution in [2.45, 2.75) is 32.8 Å². The number of aromatic nitrogens is 7. The third-order valence-corrected chi connectivity index (χ3v) is 4.39. The summed E-state index contributed by atoms with van der Waals surface area (Å²) in [6.45, 7) is 1.88. The molecule has 0 bridgehead atoms. The highest BCUT2D eigenvalue weighted by Crippen LogP contribution is 2.19. The van der Waals surface area contributed by atoms with Gasteiger partial charge in [0.2, 0.25) is 0 Å². The van der Waals surface area contributed by atoms with Gasteiger partial charge in [0.25, 0.3) is 0 Å². The maximum atomic E-state index is 9.34. The molecule has 0 unspecified atom stereocenters. The van der Waals surface area contributed by atoms with E-state index in [1.54, 1.807) is 33.9 Å². The first-order valence-corrected chi connectivity index (χ1v) is 8.96. The molecule has 0 radical (unpaired) electrons. The van der Waals surface area contributed by atoms with E-state index in [1.807, 2.05) is 18.2 Å². The maximum absolute atomic E-state index is 9.34. The molecular weight excluding hydrogens is 356 g/mol. The quantitative estimate of drug-likeness (QED) is 0.545. The lowest BCUT2D eigenvalue weighted by Gasteiger charge is -2.10. The van der Waals surface area contributed by atoms with Crippen molar-refractivity contribution >= 4 is 5.65 Å². The van der Waals surface area contributed by atoms with Crippen LogP contribution in [0, 0.1) is 11.3 Å². The molecule has 0 aliphatic carbocycles. The van der Waals surface area contributed by atoms with Gasteiger partial charge < -0.3 is 5.11 Å². The summed E-state index contributed by atoms with van der Waals surface area (Å²) < 4.78 is 3.32. The maximum Gasteiger partial charge on any atom is 0.177 e. The van der Waals surface area contributed by atoms with Crippen molar-refractivity contribution in [3.8, 4) is 11.9 Å². The predicted octanol–water partition coefficient (Wildman–Crippen LogP) is 1.61. The molecule has 0 aliphatic rings. The number of aliphatic hydroxyl groups is 1. The Labute approximate surface area is 160 Å². The van der Waals surface area contributed by atoms with Crippen LogP contribution in [0.25, 0.3) is 11.5 Å². The fourth-order valence-electron chi connectivity index (χ4n) is 3.16. The van der Waals surface area contributed by atoms with Gasteiger partial charge in [0.05, 0.1) is 11.4 Å². The molecule has 9 heteroatoms. The van der Waals surface area contributed by atoms with Crippen molar-refractivity contribution in [2.24, 2.45) is 0 Å². The molecule has 28 heavy (non-hydrogen) atoms. The largest absolute Gasteiger partial charge is 0.388 e. The Morgan fingerprint density at radius 2 is 2.11 bits per heavy atom. The molecular formula is C19H18N8O. The molecule has 0 aromatic carbocycles. The molecule has 4 aromatic heterocycles. The molecule has 0 saturated carbocycles. The van der Waals surface area contributed by atoms with Gasteiger partial charge in [-0.2, -0.15) is 10.4 Å². The molecule has 0 amide bonds. The zero-order chi connectivity index (χ0) is 19.5. The van der Waals surface area contributed by atoms with Crippen LogP contribution in [0.5, 0.6) is 0 Å². The minimum Gasteiger partial charge on any atom is -0.388 e. The zero-order valence-corrected chi connectivity index (χ0v) is 15.3. The normalized spacial score (nSPS) is 11.0. The lowest BCUT2D eigenvalue weighted by Crippen LogP contribution is -2.09. The highest BCUT2D eigenvalue weighted by molar-refractivity contribution is 5.50. The molecule has 9 nitrogen and oxygen atoms in total. The SMILES string of the molecule is CCCc1c(Cc2ccnn2-c2cccc(C#N)n2)ncn2nc(CO)nc12. The Bertz CT molecular complexity index is 1170. The van der Waals surface area contributed by atoms with Crippen LogP contribution in [0.3, 0.4) is 0 Å². The molecule has 0 saturated heterocycles. The van der Waals surface area contributed by atoms with Crippen molar-refractivity contribution < 1.29 is 5.11 Å². The van der Waals surface area contributed by atoms with Gasteiger partial charge in [0.15, 0.2) is 17.3 Å². The summed E-state index contributed by atoms with van der Waals surface area (Å²) >= 11 is 0. The second-order valence-electron chi connectivity index (χ2n) is 6.28. The lowest BCUT2D eigenvalue weighted by atomic mass is 10.1. The van der Waals surface area contributed by atoms with E-state index in [-0.39, 0.29) is 6.61 Å². The Morgan fingerprint density at radius 3 is 2.89 bits per heavy atom. The first-order valence-electron chi connectivity index (χ1n) is 8.96. The Morgan fingerprint density at radius 1 is 1.21 bits per heavy atom. The molecule has 4 heterocycles. The van der Waals surface area contributed by atoms with Gasteiger partial charge >= 0.3 is 0 Å². The molecule has 0 fully saturated rings. The molecule has 0 spiro atoms. The van der Waals surface area contributed by atoms with Crippen molar-refractivity contribution in [3.63, 3.8) is 0 Å². The average Bonchev–Trinajstić information content (AvgIpc) is 3.36. The molecule has 0 atom stereocenters. The number of hydrogen-bond donors (Lipinski definition) is 1. The Hall–Kier alpha value is -3.64. The van der Waals surface area contributed by atoms with E-state index in [0.29, 0.717) is 29.4 Å². The van der Waals surface area contributed by atoms with Crippen molar-refractivity contribution in [1.82, 2.24) is 34.3 Å².